The highest BCUT2D eigenvalue weighted by atomic mass is 16.2. The van der Waals surface area contributed by atoms with Gasteiger partial charge in [-0.2, -0.15) is 0 Å². The third-order valence-electron chi connectivity index (χ3n) is 5.50. The van der Waals surface area contributed by atoms with Gasteiger partial charge in [0.05, 0.1) is 0 Å². The Labute approximate surface area is 130 Å². The van der Waals surface area contributed by atoms with Crippen LogP contribution in [0.1, 0.15) is 70.6 Å². The predicted molar refractivity (Wildman–Crippen MR) is 87.5 cm³/mol. The van der Waals surface area contributed by atoms with E-state index in [1.54, 1.807) is 0 Å². The van der Waals surface area contributed by atoms with Gasteiger partial charge in [0, 0.05) is 18.1 Å². The normalized spacial score (nSPS) is 23.6. The van der Waals surface area contributed by atoms with Crippen LogP contribution >= 0.6 is 0 Å². The molecule has 2 fully saturated rings. The van der Waals surface area contributed by atoms with Gasteiger partial charge in [-0.25, -0.2) is 4.79 Å². The Bertz CT molecular complexity index is 316. The molecular weight excluding hydrogens is 262 g/mol. The number of hydrogen-bond acceptors (Lipinski definition) is 2. The first-order chi connectivity index (χ1) is 10.1. The largest absolute Gasteiger partial charge is 0.336 e. The highest BCUT2D eigenvalue weighted by molar-refractivity contribution is 5.74. The van der Waals surface area contributed by atoms with Crippen LogP contribution in [0.5, 0.6) is 0 Å². The van der Waals surface area contributed by atoms with Crippen LogP contribution < -0.4 is 10.6 Å². The van der Waals surface area contributed by atoms with E-state index in [1.807, 2.05) is 0 Å². The second kappa shape index (κ2) is 8.02. The maximum atomic E-state index is 12.2. The molecule has 4 heteroatoms. The van der Waals surface area contributed by atoms with Crippen molar-refractivity contribution < 1.29 is 4.79 Å². The van der Waals surface area contributed by atoms with Crippen LogP contribution in [0.25, 0.3) is 0 Å². The number of carbonyl (C=O) groups excluding carboxylic acids is 1. The smallest absolute Gasteiger partial charge is 0.315 e. The Morgan fingerprint density at radius 2 is 1.57 bits per heavy atom. The van der Waals surface area contributed by atoms with E-state index >= 15 is 0 Å². The fraction of sp³-hybridized carbons (Fsp3) is 0.941. The van der Waals surface area contributed by atoms with Crippen LogP contribution in [-0.4, -0.2) is 43.2 Å². The molecule has 0 radical (unpaired) electrons. The van der Waals surface area contributed by atoms with Crippen LogP contribution in [0.15, 0.2) is 0 Å². The van der Waals surface area contributed by atoms with E-state index in [2.05, 4.69) is 29.6 Å². The minimum atomic E-state index is 0.0358. The van der Waals surface area contributed by atoms with Crippen molar-refractivity contribution in [1.82, 2.24) is 15.5 Å². The summed E-state index contributed by atoms with van der Waals surface area (Å²) in [5.74, 6) is 0. The standard InChI is InChI=1S/C17H33N3O/c1-20(2)17(12-8-9-13-17)14-18-16(21)19-15-10-6-4-3-5-7-11-15/h15H,3-14H2,1-2H3,(H2,18,19,21). The van der Waals surface area contributed by atoms with Crippen LogP contribution in [0, 0.1) is 0 Å². The lowest BCUT2D eigenvalue weighted by atomic mass is 9.96. The molecule has 0 aliphatic heterocycles. The first-order valence-electron chi connectivity index (χ1n) is 8.84. The summed E-state index contributed by atoms with van der Waals surface area (Å²) in [5, 5.41) is 6.34. The lowest BCUT2D eigenvalue weighted by molar-refractivity contribution is 0.153. The summed E-state index contributed by atoms with van der Waals surface area (Å²) in [6.07, 6.45) is 13.8. The summed E-state index contributed by atoms with van der Waals surface area (Å²) in [6.45, 7) is 0.776. The first-order valence-corrected chi connectivity index (χ1v) is 8.84. The van der Waals surface area contributed by atoms with Crippen molar-refractivity contribution in [3.8, 4) is 0 Å². The Hall–Kier alpha value is -0.770. The van der Waals surface area contributed by atoms with Crippen molar-refractivity contribution >= 4 is 6.03 Å². The lowest BCUT2D eigenvalue weighted by Crippen LogP contribution is -2.53. The zero-order valence-electron chi connectivity index (χ0n) is 13.9. The second-order valence-electron chi connectivity index (χ2n) is 7.19. The minimum Gasteiger partial charge on any atom is -0.336 e. The van der Waals surface area contributed by atoms with E-state index in [1.165, 1.54) is 57.8 Å². The fourth-order valence-electron chi connectivity index (χ4n) is 3.90. The zero-order chi connectivity index (χ0) is 15.1. The average molecular weight is 295 g/mol. The van der Waals surface area contributed by atoms with Gasteiger partial charge in [0.2, 0.25) is 0 Å². The Balaban J connectivity index is 1.75. The summed E-state index contributed by atoms with van der Waals surface area (Å²) in [4.78, 5) is 14.5. The predicted octanol–water partition coefficient (Wildman–Crippen LogP) is 3.27. The molecular formula is C17H33N3O. The number of rotatable bonds is 4. The van der Waals surface area contributed by atoms with Gasteiger partial charge in [0.25, 0.3) is 0 Å². The van der Waals surface area contributed by atoms with Gasteiger partial charge in [-0.05, 0) is 39.8 Å². The second-order valence-corrected chi connectivity index (χ2v) is 7.19. The van der Waals surface area contributed by atoms with Crippen molar-refractivity contribution in [1.29, 1.82) is 0 Å². The van der Waals surface area contributed by atoms with Gasteiger partial charge in [-0.1, -0.05) is 44.9 Å². The molecule has 2 N–H and O–H groups in total. The molecule has 2 saturated carbocycles. The highest BCUT2D eigenvalue weighted by Crippen LogP contribution is 2.33. The molecule has 21 heavy (non-hydrogen) atoms. The number of likely N-dealkylation sites (N-methyl/N-ethyl adjacent to an activating group) is 1. The quantitative estimate of drug-likeness (QED) is 0.836. The Kier molecular flexibility index (Phi) is 6.34. The highest BCUT2D eigenvalue weighted by Gasteiger charge is 2.36. The van der Waals surface area contributed by atoms with Crippen LogP contribution in [0.4, 0.5) is 4.79 Å². The number of amides is 2. The Morgan fingerprint density at radius 3 is 2.14 bits per heavy atom. The van der Waals surface area contributed by atoms with Gasteiger partial charge in [0.15, 0.2) is 0 Å². The molecule has 0 bridgehead atoms. The molecule has 0 spiro atoms. The molecule has 0 atom stereocenters. The molecule has 2 rings (SSSR count). The topological polar surface area (TPSA) is 44.4 Å². The monoisotopic (exact) mass is 295 g/mol. The number of urea groups is 1. The molecule has 2 aliphatic rings. The summed E-state index contributed by atoms with van der Waals surface area (Å²) >= 11 is 0. The third-order valence-corrected chi connectivity index (χ3v) is 5.50. The van der Waals surface area contributed by atoms with Crippen molar-refractivity contribution in [2.24, 2.45) is 0 Å². The molecule has 0 aromatic heterocycles. The van der Waals surface area contributed by atoms with E-state index in [9.17, 15) is 4.79 Å². The maximum absolute atomic E-state index is 12.2. The van der Waals surface area contributed by atoms with E-state index in [4.69, 9.17) is 0 Å². The summed E-state index contributed by atoms with van der Waals surface area (Å²) < 4.78 is 0. The van der Waals surface area contributed by atoms with Gasteiger partial charge in [0.1, 0.15) is 0 Å². The van der Waals surface area contributed by atoms with E-state index in [0.29, 0.717) is 6.04 Å². The van der Waals surface area contributed by atoms with Crippen molar-refractivity contribution in [3.05, 3.63) is 0 Å². The minimum absolute atomic E-state index is 0.0358. The van der Waals surface area contributed by atoms with E-state index in [-0.39, 0.29) is 11.6 Å². The fourth-order valence-corrected chi connectivity index (χ4v) is 3.90. The van der Waals surface area contributed by atoms with Crippen molar-refractivity contribution in [2.45, 2.75) is 82.2 Å². The molecule has 0 aromatic carbocycles. The van der Waals surface area contributed by atoms with Crippen LogP contribution in [0.3, 0.4) is 0 Å². The molecule has 0 heterocycles. The van der Waals surface area contributed by atoms with Gasteiger partial charge in [-0.3, -0.25) is 0 Å². The van der Waals surface area contributed by atoms with E-state index in [0.717, 1.165) is 19.4 Å². The molecule has 0 unspecified atom stereocenters. The zero-order valence-corrected chi connectivity index (χ0v) is 13.9. The first kappa shape index (κ1) is 16.6. The van der Waals surface area contributed by atoms with Crippen molar-refractivity contribution in [3.63, 3.8) is 0 Å². The maximum Gasteiger partial charge on any atom is 0.315 e. The summed E-state index contributed by atoms with van der Waals surface area (Å²) in [5.41, 5.74) is 0.179. The van der Waals surface area contributed by atoms with Crippen LogP contribution in [-0.2, 0) is 0 Å². The molecule has 0 saturated heterocycles. The summed E-state index contributed by atoms with van der Waals surface area (Å²) in [7, 11) is 4.28. The molecule has 2 amide bonds. The van der Waals surface area contributed by atoms with E-state index < -0.39 is 0 Å². The van der Waals surface area contributed by atoms with Gasteiger partial charge < -0.3 is 15.5 Å². The molecule has 122 valence electrons. The summed E-state index contributed by atoms with van der Waals surface area (Å²) in [6, 6.07) is 0.415. The third kappa shape index (κ3) is 4.87. The molecule has 0 aromatic rings. The number of nitrogens with one attached hydrogen (secondary N) is 2. The van der Waals surface area contributed by atoms with Gasteiger partial charge >= 0.3 is 6.03 Å². The van der Waals surface area contributed by atoms with Gasteiger partial charge in [-0.15, -0.1) is 0 Å². The number of nitrogens with zero attached hydrogens (tertiary/aromatic N) is 1. The molecule has 2 aliphatic carbocycles. The average Bonchev–Trinajstić information content (AvgIpc) is 2.89. The SMILES string of the molecule is CN(C)C1(CNC(=O)NC2CCCCCCC2)CCCC1. The lowest BCUT2D eigenvalue weighted by Gasteiger charge is -2.36. The van der Waals surface area contributed by atoms with Crippen molar-refractivity contribution in [2.75, 3.05) is 20.6 Å². The molecule has 4 nitrogen and oxygen atoms in total. The Morgan fingerprint density at radius 1 is 1.00 bits per heavy atom. The van der Waals surface area contributed by atoms with Crippen LogP contribution in [0.2, 0.25) is 0 Å². The number of hydrogen-bond donors (Lipinski definition) is 2. The number of carbonyl (C=O) groups is 1.